The van der Waals surface area contributed by atoms with E-state index in [0.29, 0.717) is 31.5 Å². The maximum atomic E-state index is 13.5. The standard InChI is InChI=1S/C29H33F3N2O8/c1-28(2,3)42-27(38)33-14-12-20(13-15-33)41-21-10-11-23(22(16-21)25(36)39-4)34(26(37)29(30,31)32)17-24(35)40-18-19-8-6-5-7-9-19/h5-11,16,20H,12-15,17-18H2,1-4H3. The molecular weight excluding hydrogens is 561 g/mol. The molecule has 228 valence electrons. The molecule has 1 aliphatic rings. The quantitative estimate of drug-likeness (QED) is 0.314. The molecule has 13 heteroatoms. The van der Waals surface area contributed by atoms with Gasteiger partial charge in [-0.2, -0.15) is 13.2 Å². The van der Waals surface area contributed by atoms with Gasteiger partial charge in [0.25, 0.3) is 0 Å². The third kappa shape index (κ3) is 9.11. The first kappa shape index (κ1) is 32.2. The molecule has 0 spiro atoms. The van der Waals surface area contributed by atoms with Crippen molar-refractivity contribution in [2.24, 2.45) is 0 Å². The number of rotatable bonds is 8. The van der Waals surface area contributed by atoms with E-state index in [1.165, 1.54) is 6.07 Å². The number of hydrogen-bond donors (Lipinski definition) is 0. The van der Waals surface area contributed by atoms with Crippen molar-refractivity contribution >= 4 is 29.6 Å². The van der Waals surface area contributed by atoms with E-state index in [2.05, 4.69) is 0 Å². The van der Waals surface area contributed by atoms with Crippen LogP contribution < -0.4 is 9.64 Å². The second-order valence-electron chi connectivity index (χ2n) is 10.5. The first-order valence-electron chi connectivity index (χ1n) is 13.1. The Hall–Kier alpha value is -4.29. The maximum Gasteiger partial charge on any atom is 0.471 e. The van der Waals surface area contributed by atoms with Crippen molar-refractivity contribution in [2.45, 2.75) is 58.1 Å². The number of likely N-dealkylation sites (tertiary alicyclic amines) is 1. The van der Waals surface area contributed by atoms with Crippen molar-refractivity contribution in [2.75, 3.05) is 31.6 Å². The molecule has 0 radical (unpaired) electrons. The number of methoxy groups -OCH3 is 1. The molecule has 42 heavy (non-hydrogen) atoms. The van der Waals surface area contributed by atoms with Gasteiger partial charge in [0.15, 0.2) is 0 Å². The summed E-state index contributed by atoms with van der Waals surface area (Å²) in [6, 6.07) is 11.9. The Labute approximate surface area is 241 Å². The smallest absolute Gasteiger partial charge is 0.471 e. The third-order valence-electron chi connectivity index (χ3n) is 6.08. The van der Waals surface area contributed by atoms with Crippen LogP contribution in [0, 0.1) is 0 Å². The number of anilines is 1. The van der Waals surface area contributed by atoms with Gasteiger partial charge in [-0.3, -0.25) is 14.5 Å². The monoisotopic (exact) mass is 594 g/mol. The molecule has 1 heterocycles. The van der Waals surface area contributed by atoms with Gasteiger partial charge in [0.05, 0.1) is 18.4 Å². The molecule has 0 atom stereocenters. The number of nitrogens with zero attached hydrogens (tertiary/aromatic N) is 2. The average molecular weight is 595 g/mol. The Morgan fingerprint density at radius 3 is 2.19 bits per heavy atom. The fourth-order valence-electron chi connectivity index (χ4n) is 4.10. The van der Waals surface area contributed by atoms with E-state index in [4.69, 9.17) is 18.9 Å². The molecule has 0 aliphatic carbocycles. The molecule has 2 aromatic rings. The van der Waals surface area contributed by atoms with Crippen LogP contribution >= 0.6 is 0 Å². The average Bonchev–Trinajstić information content (AvgIpc) is 2.93. The van der Waals surface area contributed by atoms with E-state index in [9.17, 15) is 32.3 Å². The maximum absolute atomic E-state index is 13.5. The lowest BCUT2D eigenvalue weighted by molar-refractivity contribution is -0.171. The number of benzene rings is 2. The molecule has 2 amide bonds. The Balaban J connectivity index is 1.78. The van der Waals surface area contributed by atoms with Crippen molar-refractivity contribution in [1.82, 2.24) is 4.90 Å². The predicted molar refractivity (Wildman–Crippen MR) is 144 cm³/mol. The number of ether oxygens (including phenoxy) is 4. The molecule has 3 rings (SSSR count). The lowest BCUT2D eigenvalue weighted by atomic mass is 10.1. The van der Waals surface area contributed by atoms with Gasteiger partial charge in [-0.05, 0) is 44.5 Å². The summed E-state index contributed by atoms with van der Waals surface area (Å²) in [7, 11) is 1.02. The first-order chi connectivity index (χ1) is 19.7. The fourth-order valence-corrected chi connectivity index (χ4v) is 4.10. The predicted octanol–water partition coefficient (Wildman–Crippen LogP) is 4.89. The van der Waals surface area contributed by atoms with E-state index in [1.807, 2.05) is 0 Å². The number of piperidine rings is 1. The van der Waals surface area contributed by atoms with Crippen molar-refractivity contribution in [1.29, 1.82) is 0 Å². The van der Waals surface area contributed by atoms with Crippen LogP contribution in [0.1, 0.15) is 49.5 Å². The summed E-state index contributed by atoms with van der Waals surface area (Å²) in [5.41, 5.74) is -0.980. The van der Waals surface area contributed by atoms with Gasteiger partial charge in [-0.15, -0.1) is 0 Å². The van der Waals surface area contributed by atoms with Crippen LogP contribution in [0.3, 0.4) is 0 Å². The van der Waals surface area contributed by atoms with E-state index in [-0.39, 0.29) is 23.4 Å². The zero-order valence-corrected chi connectivity index (χ0v) is 23.7. The van der Waals surface area contributed by atoms with Gasteiger partial charge < -0.3 is 23.8 Å². The molecular formula is C29H33F3N2O8. The third-order valence-corrected chi connectivity index (χ3v) is 6.08. The van der Waals surface area contributed by atoms with Crippen LogP contribution in [-0.2, 0) is 30.4 Å². The molecule has 0 saturated carbocycles. The number of esters is 2. The second kappa shape index (κ2) is 13.6. The highest BCUT2D eigenvalue weighted by atomic mass is 19.4. The molecule has 2 aromatic carbocycles. The largest absolute Gasteiger partial charge is 0.490 e. The normalized spacial score (nSPS) is 14.1. The highest BCUT2D eigenvalue weighted by Crippen LogP contribution is 2.31. The Kier molecular flexibility index (Phi) is 10.4. The first-order valence-corrected chi connectivity index (χ1v) is 13.1. The van der Waals surface area contributed by atoms with Crippen molar-refractivity contribution in [3.8, 4) is 5.75 Å². The van der Waals surface area contributed by atoms with Crippen molar-refractivity contribution in [3.05, 3.63) is 59.7 Å². The van der Waals surface area contributed by atoms with E-state index < -0.39 is 53.5 Å². The van der Waals surface area contributed by atoms with E-state index in [1.54, 1.807) is 56.0 Å². The van der Waals surface area contributed by atoms with Crippen molar-refractivity contribution in [3.63, 3.8) is 0 Å². The highest BCUT2D eigenvalue weighted by molar-refractivity contribution is 6.06. The summed E-state index contributed by atoms with van der Waals surface area (Å²) in [5, 5.41) is 0. The summed E-state index contributed by atoms with van der Waals surface area (Å²) in [5.74, 6) is -4.41. The van der Waals surface area contributed by atoms with Gasteiger partial charge in [-0.25, -0.2) is 9.59 Å². The lowest BCUT2D eigenvalue weighted by Gasteiger charge is -2.33. The number of halogens is 3. The van der Waals surface area contributed by atoms with E-state index >= 15 is 0 Å². The molecule has 0 bridgehead atoms. The molecule has 1 fully saturated rings. The zero-order valence-electron chi connectivity index (χ0n) is 23.7. The van der Waals surface area contributed by atoms with Crippen LogP contribution in [0.15, 0.2) is 48.5 Å². The SMILES string of the molecule is COC(=O)c1cc(OC2CCN(C(=O)OC(C)(C)C)CC2)ccc1N(CC(=O)OCc1ccccc1)C(=O)C(F)(F)F. The molecule has 0 unspecified atom stereocenters. The highest BCUT2D eigenvalue weighted by Gasteiger charge is 2.45. The number of carbonyl (C=O) groups is 4. The number of amides is 2. The van der Waals surface area contributed by atoms with Crippen LogP contribution in [0.4, 0.5) is 23.7 Å². The van der Waals surface area contributed by atoms with Crippen LogP contribution in [0.5, 0.6) is 5.75 Å². The Morgan fingerprint density at radius 2 is 1.62 bits per heavy atom. The van der Waals surface area contributed by atoms with Gasteiger partial charge in [0, 0.05) is 25.9 Å². The van der Waals surface area contributed by atoms with Gasteiger partial charge in [0.2, 0.25) is 0 Å². The number of carbonyl (C=O) groups excluding carboxylic acids is 4. The van der Waals surface area contributed by atoms with Gasteiger partial charge in [-0.1, -0.05) is 30.3 Å². The summed E-state index contributed by atoms with van der Waals surface area (Å²) in [4.78, 5) is 51.5. The van der Waals surface area contributed by atoms with Crippen LogP contribution in [0.2, 0.25) is 0 Å². The minimum atomic E-state index is -5.36. The number of hydrogen-bond acceptors (Lipinski definition) is 8. The zero-order chi connectivity index (χ0) is 31.1. The minimum absolute atomic E-state index is 0.126. The lowest BCUT2D eigenvalue weighted by Crippen LogP contribution is -2.45. The molecule has 10 nitrogen and oxygen atoms in total. The van der Waals surface area contributed by atoms with Crippen molar-refractivity contribution < 1.29 is 51.3 Å². The summed E-state index contributed by atoms with van der Waals surface area (Å²) < 4.78 is 61.8. The summed E-state index contributed by atoms with van der Waals surface area (Å²) >= 11 is 0. The Bertz CT molecular complexity index is 1270. The molecule has 0 aromatic heterocycles. The second-order valence-corrected chi connectivity index (χ2v) is 10.5. The minimum Gasteiger partial charge on any atom is -0.490 e. The summed E-state index contributed by atoms with van der Waals surface area (Å²) in [6.45, 7) is 4.65. The molecule has 1 aliphatic heterocycles. The van der Waals surface area contributed by atoms with Gasteiger partial charge in [0.1, 0.15) is 30.6 Å². The number of alkyl halides is 3. The Morgan fingerprint density at radius 1 is 0.976 bits per heavy atom. The van der Waals surface area contributed by atoms with Crippen LogP contribution in [0.25, 0.3) is 0 Å². The fraction of sp³-hybridized carbons (Fsp3) is 0.448. The van der Waals surface area contributed by atoms with E-state index in [0.717, 1.165) is 19.2 Å². The van der Waals surface area contributed by atoms with Gasteiger partial charge >= 0.3 is 30.1 Å². The van der Waals surface area contributed by atoms with Crippen LogP contribution in [-0.4, -0.2) is 73.5 Å². The molecule has 0 N–H and O–H groups in total. The topological polar surface area (TPSA) is 112 Å². The molecule has 1 saturated heterocycles. The summed E-state index contributed by atoms with van der Waals surface area (Å²) in [6.07, 6.45) is -5.32.